The van der Waals surface area contributed by atoms with E-state index < -0.39 is 0 Å². The van der Waals surface area contributed by atoms with E-state index in [0.29, 0.717) is 5.92 Å². The van der Waals surface area contributed by atoms with Gasteiger partial charge in [-0.3, -0.25) is 0 Å². The third kappa shape index (κ3) is 4.24. The van der Waals surface area contributed by atoms with Crippen LogP contribution in [0.4, 0.5) is 5.69 Å². The zero-order chi connectivity index (χ0) is 14.3. The van der Waals surface area contributed by atoms with Crippen molar-refractivity contribution < 1.29 is 0 Å². The van der Waals surface area contributed by atoms with Crippen LogP contribution in [0.1, 0.15) is 44.7 Å². The van der Waals surface area contributed by atoms with Crippen molar-refractivity contribution in [1.82, 2.24) is 0 Å². The summed E-state index contributed by atoms with van der Waals surface area (Å²) in [6.07, 6.45) is 2.38. The van der Waals surface area contributed by atoms with E-state index in [1.807, 2.05) is 6.07 Å². The van der Waals surface area contributed by atoms with Gasteiger partial charge < -0.3 is 4.90 Å². The number of hydrogen-bond donors (Lipinski definition) is 0. The van der Waals surface area contributed by atoms with Gasteiger partial charge in [0.05, 0.1) is 11.3 Å². The molecule has 0 saturated carbocycles. The van der Waals surface area contributed by atoms with E-state index in [2.05, 4.69) is 59.8 Å². The van der Waals surface area contributed by atoms with E-state index in [1.165, 1.54) is 12.8 Å². The average Bonchev–Trinajstić information content (AvgIpc) is 2.48. The molecule has 1 rings (SSSR count). The smallest absolute Gasteiger partial charge is 0.101 e. The van der Waals surface area contributed by atoms with Crippen molar-refractivity contribution in [3.05, 3.63) is 29.3 Å². The molecule has 0 heterocycles. The van der Waals surface area contributed by atoms with Gasteiger partial charge in [-0.2, -0.15) is 5.26 Å². The van der Waals surface area contributed by atoms with Crippen LogP contribution < -0.4 is 4.90 Å². The fourth-order valence-electron chi connectivity index (χ4n) is 2.29. The highest BCUT2D eigenvalue weighted by Crippen LogP contribution is 2.24. The Labute approximate surface area is 125 Å². The number of nitrogens with zero attached hydrogens (tertiary/aromatic N) is 2. The van der Waals surface area contributed by atoms with Gasteiger partial charge in [0.1, 0.15) is 6.07 Å². The fraction of sp³-hybridized carbons (Fsp3) is 0.562. The fourth-order valence-corrected chi connectivity index (χ4v) is 2.64. The van der Waals surface area contributed by atoms with Crippen molar-refractivity contribution in [2.45, 2.75) is 38.9 Å². The maximum atomic E-state index is 9.34. The molecule has 2 nitrogen and oxygen atoms in total. The van der Waals surface area contributed by atoms with Gasteiger partial charge in [-0.1, -0.05) is 48.7 Å². The van der Waals surface area contributed by atoms with Gasteiger partial charge in [0, 0.05) is 18.4 Å². The maximum Gasteiger partial charge on any atom is 0.101 e. The molecule has 1 aromatic rings. The number of anilines is 1. The van der Waals surface area contributed by atoms with Gasteiger partial charge in [-0.25, -0.2) is 0 Å². The maximum absolute atomic E-state index is 9.34. The third-order valence-corrected chi connectivity index (χ3v) is 4.34. The van der Waals surface area contributed by atoms with E-state index in [0.717, 1.165) is 35.2 Å². The van der Waals surface area contributed by atoms with Crippen molar-refractivity contribution in [3.8, 4) is 6.07 Å². The summed E-state index contributed by atoms with van der Waals surface area (Å²) in [7, 11) is 0. The van der Waals surface area contributed by atoms with Gasteiger partial charge in [-0.05, 0) is 30.5 Å². The van der Waals surface area contributed by atoms with E-state index >= 15 is 0 Å². The normalized spacial score (nSPS) is 10.5. The molecule has 0 N–H and O–H groups in total. The second kappa shape index (κ2) is 8.22. The summed E-state index contributed by atoms with van der Waals surface area (Å²) in [6, 6.07) is 8.50. The molecule has 19 heavy (non-hydrogen) atoms. The number of halogens is 1. The van der Waals surface area contributed by atoms with Crippen LogP contribution >= 0.6 is 15.9 Å². The van der Waals surface area contributed by atoms with Crippen LogP contribution in [-0.4, -0.2) is 13.1 Å². The van der Waals surface area contributed by atoms with Gasteiger partial charge in [0.15, 0.2) is 0 Å². The van der Waals surface area contributed by atoms with E-state index in [-0.39, 0.29) is 0 Å². The predicted octanol–water partition coefficient (Wildman–Crippen LogP) is 4.72. The van der Waals surface area contributed by atoms with Gasteiger partial charge in [-0.15, -0.1) is 0 Å². The first-order valence-electron chi connectivity index (χ1n) is 7.03. The third-order valence-electron chi connectivity index (χ3n) is 3.69. The first kappa shape index (κ1) is 16.0. The van der Waals surface area contributed by atoms with Crippen molar-refractivity contribution in [2.24, 2.45) is 5.92 Å². The monoisotopic (exact) mass is 322 g/mol. The lowest BCUT2D eigenvalue weighted by Gasteiger charge is -2.28. The highest BCUT2D eigenvalue weighted by atomic mass is 79.9. The molecule has 104 valence electrons. The first-order valence-corrected chi connectivity index (χ1v) is 8.16. The van der Waals surface area contributed by atoms with E-state index in [1.54, 1.807) is 0 Å². The number of hydrogen-bond acceptors (Lipinski definition) is 2. The Morgan fingerprint density at radius 1 is 1.26 bits per heavy atom. The van der Waals surface area contributed by atoms with Crippen molar-refractivity contribution >= 4 is 21.6 Å². The highest BCUT2D eigenvalue weighted by Gasteiger charge is 2.14. The minimum absolute atomic E-state index is 0.697. The lowest BCUT2D eigenvalue weighted by molar-refractivity contribution is 0.486. The molecule has 0 aliphatic carbocycles. The molecule has 0 aromatic heterocycles. The molecule has 0 bridgehead atoms. The summed E-state index contributed by atoms with van der Waals surface area (Å²) >= 11 is 3.44. The number of nitriles is 1. The molecule has 3 heteroatoms. The van der Waals surface area contributed by atoms with Crippen molar-refractivity contribution in [3.63, 3.8) is 0 Å². The SMILES string of the molecule is CCC(CC)CN(CC)c1ccc(CBr)cc1C#N. The Morgan fingerprint density at radius 3 is 2.42 bits per heavy atom. The summed E-state index contributed by atoms with van der Waals surface area (Å²) in [6.45, 7) is 8.61. The van der Waals surface area contributed by atoms with E-state index in [9.17, 15) is 5.26 Å². The first-order chi connectivity index (χ1) is 9.19. The molecular weight excluding hydrogens is 300 g/mol. The Bertz CT molecular complexity index is 433. The van der Waals surface area contributed by atoms with Crippen molar-refractivity contribution in [2.75, 3.05) is 18.0 Å². The molecule has 0 fully saturated rings. The van der Waals surface area contributed by atoms with Crippen LogP contribution in [0.3, 0.4) is 0 Å². The molecular formula is C16H23BrN2. The largest absolute Gasteiger partial charge is 0.370 e. The number of rotatable bonds is 7. The summed E-state index contributed by atoms with van der Waals surface area (Å²) in [5.41, 5.74) is 3.00. The van der Waals surface area contributed by atoms with Crippen LogP contribution in [0.15, 0.2) is 18.2 Å². The molecule has 0 aliphatic rings. The molecule has 0 aliphatic heterocycles. The minimum atomic E-state index is 0.697. The zero-order valence-corrected chi connectivity index (χ0v) is 13.7. The Morgan fingerprint density at radius 2 is 1.95 bits per heavy atom. The summed E-state index contributed by atoms with van der Waals surface area (Å²) in [5.74, 6) is 0.697. The highest BCUT2D eigenvalue weighted by molar-refractivity contribution is 9.08. The lowest BCUT2D eigenvalue weighted by Crippen LogP contribution is -2.29. The van der Waals surface area contributed by atoms with Crippen LogP contribution in [-0.2, 0) is 5.33 Å². The standard InChI is InChI=1S/C16H23BrN2/c1-4-13(5-2)12-19(6-3)16-8-7-14(10-17)9-15(16)11-18/h7-9,13H,4-6,10,12H2,1-3H3. The second-order valence-corrected chi connectivity index (χ2v) is 5.38. The average molecular weight is 323 g/mol. The molecule has 0 radical (unpaired) electrons. The summed E-state index contributed by atoms with van der Waals surface area (Å²) in [5, 5.41) is 10.1. The van der Waals surface area contributed by atoms with Gasteiger partial charge >= 0.3 is 0 Å². The second-order valence-electron chi connectivity index (χ2n) is 4.82. The quantitative estimate of drug-likeness (QED) is 0.679. The molecule has 0 atom stereocenters. The summed E-state index contributed by atoms with van der Waals surface area (Å²) < 4.78 is 0. The molecule has 0 unspecified atom stereocenters. The lowest BCUT2D eigenvalue weighted by atomic mass is 10.0. The van der Waals surface area contributed by atoms with Crippen molar-refractivity contribution in [1.29, 1.82) is 5.26 Å². The predicted molar refractivity (Wildman–Crippen MR) is 85.7 cm³/mol. The zero-order valence-electron chi connectivity index (χ0n) is 12.1. The Hall–Kier alpha value is -1.01. The number of benzene rings is 1. The summed E-state index contributed by atoms with van der Waals surface area (Å²) in [4.78, 5) is 2.33. The van der Waals surface area contributed by atoms with Crippen LogP contribution in [0.5, 0.6) is 0 Å². The molecule has 0 amide bonds. The van der Waals surface area contributed by atoms with Gasteiger partial charge in [0.2, 0.25) is 0 Å². The molecule has 1 aromatic carbocycles. The van der Waals surface area contributed by atoms with Gasteiger partial charge in [0.25, 0.3) is 0 Å². The Kier molecular flexibility index (Phi) is 6.94. The number of alkyl halides is 1. The minimum Gasteiger partial charge on any atom is -0.370 e. The Balaban J connectivity index is 3.01. The topological polar surface area (TPSA) is 27.0 Å². The van der Waals surface area contributed by atoms with Crippen LogP contribution in [0.25, 0.3) is 0 Å². The van der Waals surface area contributed by atoms with Crippen LogP contribution in [0.2, 0.25) is 0 Å². The van der Waals surface area contributed by atoms with E-state index in [4.69, 9.17) is 0 Å². The molecule has 0 spiro atoms. The van der Waals surface area contributed by atoms with Crippen LogP contribution in [0, 0.1) is 17.2 Å². The molecule has 0 saturated heterocycles.